The molecule has 2 atom stereocenters. The molecular weight excluding hydrogens is 336 g/mol. The van der Waals surface area contributed by atoms with Gasteiger partial charge in [0.2, 0.25) is 0 Å². The van der Waals surface area contributed by atoms with Gasteiger partial charge in [-0.3, -0.25) is 0 Å². The monoisotopic (exact) mass is 362 g/mol. The number of methoxy groups -OCH3 is 1. The van der Waals surface area contributed by atoms with E-state index < -0.39 is 29.8 Å². The molecule has 0 aliphatic carbocycles. The van der Waals surface area contributed by atoms with E-state index in [4.69, 9.17) is 9.47 Å². The van der Waals surface area contributed by atoms with Crippen molar-refractivity contribution < 1.29 is 24.2 Å². The van der Waals surface area contributed by atoms with Crippen LogP contribution in [0.3, 0.4) is 0 Å². The summed E-state index contributed by atoms with van der Waals surface area (Å²) in [6.45, 7) is 6.87. The molecule has 0 radical (unpaired) electrons. The van der Waals surface area contributed by atoms with Gasteiger partial charge in [0.1, 0.15) is 17.3 Å². The Kier molecular flexibility index (Phi) is 8.07. The zero-order valence-electron chi connectivity index (χ0n) is 15.8. The molecule has 0 saturated heterocycles. The van der Waals surface area contributed by atoms with Gasteiger partial charge in [-0.05, 0) is 45.2 Å². The van der Waals surface area contributed by atoms with Crippen molar-refractivity contribution in [2.45, 2.75) is 58.3 Å². The Labute approximate surface area is 154 Å². The molecule has 1 aromatic rings. The third kappa shape index (κ3) is 8.49. The zero-order valence-corrected chi connectivity index (χ0v) is 15.8. The molecule has 0 fully saturated rings. The number of aromatic nitrogens is 1. The molecule has 1 heterocycles. The molecule has 142 valence electrons. The predicted molar refractivity (Wildman–Crippen MR) is 96.3 cm³/mol. The molecule has 7 nitrogen and oxygen atoms in total. The first-order valence-electron chi connectivity index (χ1n) is 8.30. The number of nitrogens with zero attached hydrogens (tertiary/aromatic N) is 1. The third-order valence-corrected chi connectivity index (χ3v) is 3.06. The van der Waals surface area contributed by atoms with Gasteiger partial charge in [-0.25, -0.2) is 14.6 Å². The highest BCUT2D eigenvalue weighted by Crippen LogP contribution is 2.09. The number of alkyl carbamates (subject to hydrolysis) is 1. The Morgan fingerprint density at radius 2 is 2.04 bits per heavy atom. The fourth-order valence-electron chi connectivity index (χ4n) is 1.93. The minimum Gasteiger partial charge on any atom is -0.467 e. The predicted octanol–water partition coefficient (Wildman–Crippen LogP) is 1.81. The molecule has 0 bridgehead atoms. The summed E-state index contributed by atoms with van der Waals surface area (Å²) in [5.41, 5.74) is 0.625. The summed E-state index contributed by atoms with van der Waals surface area (Å²) in [7, 11) is 1.26. The van der Waals surface area contributed by atoms with Crippen LogP contribution in [0.25, 0.3) is 0 Å². The lowest BCUT2D eigenvalue weighted by molar-refractivity contribution is -0.143. The van der Waals surface area contributed by atoms with E-state index in [1.54, 1.807) is 46.0 Å². The number of aliphatic hydroxyl groups is 1. The molecular formula is C19H26N2O5. The topological polar surface area (TPSA) is 97.8 Å². The summed E-state index contributed by atoms with van der Waals surface area (Å²) in [5, 5.41) is 11.7. The molecule has 0 aliphatic rings. The first kappa shape index (κ1) is 21.5. The number of ether oxygens (including phenoxy) is 2. The first-order valence-corrected chi connectivity index (χ1v) is 8.30. The van der Waals surface area contributed by atoms with E-state index in [0.29, 0.717) is 12.1 Å². The van der Waals surface area contributed by atoms with E-state index in [1.807, 2.05) is 0 Å². The van der Waals surface area contributed by atoms with Crippen LogP contribution in [0.2, 0.25) is 0 Å². The van der Waals surface area contributed by atoms with Gasteiger partial charge in [-0.15, -0.1) is 0 Å². The molecule has 1 unspecified atom stereocenters. The highest BCUT2D eigenvalue weighted by molar-refractivity contribution is 5.81. The average molecular weight is 362 g/mol. The van der Waals surface area contributed by atoms with Gasteiger partial charge in [0, 0.05) is 19.0 Å². The molecule has 0 spiro atoms. The van der Waals surface area contributed by atoms with Gasteiger partial charge < -0.3 is 19.9 Å². The number of esters is 1. The minimum atomic E-state index is -0.885. The van der Waals surface area contributed by atoms with Crippen molar-refractivity contribution in [3.8, 4) is 11.8 Å². The zero-order chi connectivity index (χ0) is 19.7. The number of hydrogen-bond donors (Lipinski definition) is 2. The van der Waals surface area contributed by atoms with E-state index in [1.165, 1.54) is 7.11 Å². The summed E-state index contributed by atoms with van der Waals surface area (Å²) in [6, 6.07) is 2.60. The number of carbonyl (C=O) groups excluding carboxylic acids is 2. The lowest BCUT2D eigenvalue weighted by atomic mass is 10.1. The second-order valence-corrected chi connectivity index (χ2v) is 6.83. The number of amides is 1. The van der Waals surface area contributed by atoms with Crippen LogP contribution >= 0.6 is 0 Å². The van der Waals surface area contributed by atoms with Crippen LogP contribution in [0.5, 0.6) is 0 Å². The SMILES string of the molecule is COC(=O)[C@H](Cc1ccc(C#CCC(C)O)nc1)NC(=O)OC(C)(C)C. The normalized spacial score (nSPS) is 13.0. The van der Waals surface area contributed by atoms with Gasteiger partial charge in [0.25, 0.3) is 0 Å². The number of carbonyl (C=O) groups is 2. The van der Waals surface area contributed by atoms with Gasteiger partial charge in [-0.2, -0.15) is 0 Å². The van der Waals surface area contributed by atoms with Crippen molar-refractivity contribution in [3.63, 3.8) is 0 Å². The van der Waals surface area contributed by atoms with E-state index in [-0.39, 0.29) is 6.42 Å². The molecule has 0 aliphatic heterocycles. The van der Waals surface area contributed by atoms with Crippen molar-refractivity contribution >= 4 is 12.1 Å². The van der Waals surface area contributed by atoms with Crippen LogP contribution in [0.1, 0.15) is 45.4 Å². The molecule has 1 rings (SSSR count). The number of rotatable bonds is 5. The molecule has 7 heteroatoms. The fraction of sp³-hybridized carbons (Fsp3) is 0.526. The van der Waals surface area contributed by atoms with E-state index in [9.17, 15) is 14.7 Å². The van der Waals surface area contributed by atoms with Crippen LogP contribution in [0.15, 0.2) is 18.3 Å². The Balaban J connectivity index is 2.77. The Bertz CT molecular complexity index is 666. The van der Waals surface area contributed by atoms with Gasteiger partial charge in [-0.1, -0.05) is 12.0 Å². The van der Waals surface area contributed by atoms with Crippen molar-refractivity contribution in [1.82, 2.24) is 10.3 Å². The van der Waals surface area contributed by atoms with Crippen LogP contribution in [-0.2, 0) is 20.7 Å². The Hall–Kier alpha value is -2.59. The van der Waals surface area contributed by atoms with Crippen molar-refractivity contribution in [3.05, 3.63) is 29.6 Å². The lowest BCUT2D eigenvalue weighted by Gasteiger charge is -2.22. The van der Waals surface area contributed by atoms with Crippen LogP contribution in [-0.4, -0.2) is 47.0 Å². The molecule has 0 aromatic carbocycles. The number of pyridine rings is 1. The first-order chi connectivity index (χ1) is 12.1. The quantitative estimate of drug-likeness (QED) is 0.612. The molecule has 2 N–H and O–H groups in total. The highest BCUT2D eigenvalue weighted by atomic mass is 16.6. The second-order valence-electron chi connectivity index (χ2n) is 6.83. The van der Waals surface area contributed by atoms with Crippen LogP contribution < -0.4 is 5.32 Å². The minimum absolute atomic E-state index is 0.209. The van der Waals surface area contributed by atoms with Crippen LogP contribution in [0, 0.1) is 11.8 Å². The smallest absolute Gasteiger partial charge is 0.408 e. The number of aliphatic hydroxyl groups excluding tert-OH is 1. The van der Waals surface area contributed by atoms with E-state index >= 15 is 0 Å². The summed E-state index contributed by atoms with van der Waals surface area (Å²) in [6.07, 6.45) is 0.982. The van der Waals surface area contributed by atoms with Crippen molar-refractivity contribution in [2.75, 3.05) is 7.11 Å². The van der Waals surface area contributed by atoms with Gasteiger partial charge in [0.15, 0.2) is 0 Å². The van der Waals surface area contributed by atoms with E-state index in [2.05, 4.69) is 22.1 Å². The van der Waals surface area contributed by atoms with Gasteiger partial charge in [0.05, 0.1) is 13.2 Å². The molecule has 26 heavy (non-hydrogen) atoms. The van der Waals surface area contributed by atoms with Crippen molar-refractivity contribution in [2.24, 2.45) is 0 Å². The molecule has 0 saturated carbocycles. The maximum Gasteiger partial charge on any atom is 0.408 e. The second kappa shape index (κ2) is 9.78. The highest BCUT2D eigenvalue weighted by Gasteiger charge is 2.25. The standard InChI is InChI=1S/C19H26N2O5/c1-13(22)7-6-8-15-10-9-14(12-20-15)11-16(17(23)25-5)21-18(24)26-19(2,3)4/h9-10,12-13,16,22H,7,11H2,1-5H3,(H,21,24)/t13?,16-/m0/s1. The largest absolute Gasteiger partial charge is 0.467 e. The summed E-state index contributed by atoms with van der Waals surface area (Å²) in [4.78, 5) is 28.0. The maximum atomic E-state index is 11.9. The molecule has 1 aromatic heterocycles. The number of nitrogens with one attached hydrogen (secondary N) is 1. The summed E-state index contributed by atoms with van der Waals surface area (Å²) >= 11 is 0. The third-order valence-electron chi connectivity index (χ3n) is 3.06. The number of hydrogen-bond acceptors (Lipinski definition) is 6. The van der Waals surface area contributed by atoms with Crippen LogP contribution in [0.4, 0.5) is 4.79 Å². The summed E-state index contributed by atoms with van der Waals surface area (Å²) in [5.74, 6) is 5.10. The fourth-order valence-corrected chi connectivity index (χ4v) is 1.93. The van der Waals surface area contributed by atoms with E-state index in [0.717, 1.165) is 5.56 Å². The van der Waals surface area contributed by atoms with Gasteiger partial charge >= 0.3 is 12.1 Å². The molecule has 1 amide bonds. The van der Waals surface area contributed by atoms with Crippen molar-refractivity contribution in [1.29, 1.82) is 0 Å². The summed E-state index contributed by atoms with van der Waals surface area (Å²) < 4.78 is 9.91. The maximum absolute atomic E-state index is 11.9. The lowest BCUT2D eigenvalue weighted by Crippen LogP contribution is -2.45. The Morgan fingerprint density at radius 3 is 2.54 bits per heavy atom. The average Bonchev–Trinajstić information content (AvgIpc) is 2.53. The Morgan fingerprint density at radius 1 is 1.35 bits per heavy atom.